The highest BCUT2D eigenvalue weighted by atomic mass is 19.3. The van der Waals surface area contributed by atoms with Crippen molar-refractivity contribution in [1.82, 2.24) is 0 Å². The summed E-state index contributed by atoms with van der Waals surface area (Å²) in [5, 5.41) is 0. The van der Waals surface area contributed by atoms with Crippen LogP contribution < -0.4 is 0 Å². The molecule has 0 aromatic rings. The van der Waals surface area contributed by atoms with Gasteiger partial charge in [0.05, 0.1) is 25.7 Å². The minimum atomic E-state index is -2.98. The Morgan fingerprint density at radius 1 is 1.08 bits per heavy atom. The second-order valence-electron chi connectivity index (χ2n) is 5.37. The first-order valence-corrected chi connectivity index (χ1v) is 7.76. The molecule has 6 nitrogen and oxygen atoms in total. The van der Waals surface area contributed by atoms with E-state index in [4.69, 9.17) is 0 Å². The first-order chi connectivity index (χ1) is 12.2. The predicted octanol–water partition coefficient (Wildman–Crippen LogP) is 2.63. The Labute approximate surface area is 147 Å². The molecule has 0 bridgehead atoms. The molecule has 0 aromatic carbocycles. The number of carbonyl (C=O) groups is 2. The minimum absolute atomic E-state index is 0.0165. The average Bonchev–Trinajstić information content (AvgIpc) is 2.59. The van der Waals surface area contributed by atoms with E-state index < -0.39 is 42.8 Å². The van der Waals surface area contributed by atoms with E-state index in [0.717, 1.165) is 12.2 Å². The van der Waals surface area contributed by atoms with Gasteiger partial charge in [-0.25, -0.2) is 18.4 Å². The maximum absolute atomic E-state index is 12.5. The smallest absolute Gasteiger partial charge is 0.358 e. The van der Waals surface area contributed by atoms with Gasteiger partial charge in [0.2, 0.25) is 6.36 Å². The van der Waals surface area contributed by atoms with Crippen molar-refractivity contribution < 1.29 is 46.1 Å². The van der Waals surface area contributed by atoms with Crippen molar-refractivity contribution >= 4 is 11.9 Å². The third-order valence-electron chi connectivity index (χ3n) is 3.38. The van der Waals surface area contributed by atoms with E-state index >= 15 is 0 Å². The van der Waals surface area contributed by atoms with Crippen molar-refractivity contribution in [1.29, 1.82) is 0 Å². The number of rotatable bonds is 8. The molecule has 0 radical (unpaired) electrons. The van der Waals surface area contributed by atoms with Crippen LogP contribution in [0.25, 0.3) is 0 Å². The summed E-state index contributed by atoms with van der Waals surface area (Å²) in [4.78, 5) is 21.0. The van der Waals surface area contributed by atoms with Crippen molar-refractivity contribution in [3.63, 3.8) is 0 Å². The summed E-state index contributed by atoms with van der Waals surface area (Å²) in [5.74, 6) is -1.13. The van der Waals surface area contributed by atoms with E-state index in [9.17, 15) is 27.2 Å². The van der Waals surface area contributed by atoms with Crippen LogP contribution in [0.1, 0.15) is 19.3 Å². The van der Waals surface area contributed by atoms with Gasteiger partial charge in [0.1, 0.15) is 6.10 Å². The van der Waals surface area contributed by atoms with Crippen molar-refractivity contribution in [2.24, 2.45) is 0 Å². The number of carbonyl (C=O) groups excluding carboxylic acids is 2. The Morgan fingerprint density at radius 2 is 1.58 bits per heavy atom. The number of alkyl halides is 4. The van der Waals surface area contributed by atoms with Crippen LogP contribution in [0.5, 0.6) is 0 Å². The van der Waals surface area contributed by atoms with Crippen LogP contribution in [-0.4, -0.2) is 56.0 Å². The standard InChI is InChI=1S/2C8H10F2O3/c1-2-7(11)12-4-3-6-5-8(9,10)13-6;1-2-6(11)12-4-3-5-7(9)8(10)13-5/h2,6H,1,3-5H2;2,5,7-8H,1,3-4H2. The SMILES string of the molecule is C=CC(=O)OCCC1CC(F)(F)O1.C=CC(=O)OCCC1OC(F)C1F. The summed E-state index contributed by atoms with van der Waals surface area (Å²) < 4.78 is 66.5. The summed E-state index contributed by atoms with van der Waals surface area (Å²) in [6.45, 7) is 6.47. The van der Waals surface area contributed by atoms with E-state index in [1.54, 1.807) is 0 Å². The highest BCUT2D eigenvalue weighted by Crippen LogP contribution is 2.36. The molecular weight excluding hydrogens is 364 g/mol. The first kappa shape index (κ1) is 22.1. The molecule has 2 aliphatic heterocycles. The molecule has 2 rings (SSSR count). The van der Waals surface area contributed by atoms with Crippen molar-refractivity contribution in [2.75, 3.05) is 13.2 Å². The van der Waals surface area contributed by atoms with Gasteiger partial charge in [-0.05, 0) is 0 Å². The van der Waals surface area contributed by atoms with E-state index in [1.807, 2.05) is 0 Å². The lowest BCUT2D eigenvalue weighted by atomic mass is 10.1. The molecule has 148 valence electrons. The largest absolute Gasteiger partial charge is 0.462 e. The molecule has 26 heavy (non-hydrogen) atoms. The topological polar surface area (TPSA) is 71.1 Å². The van der Waals surface area contributed by atoms with Crippen molar-refractivity contribution in [3.8, 4) is 0 Å². The van der Waals surface area contributed by atoms with E-state index in [-0.39, 0.29) is 26.1 Å². The Morgan fingerprint density at radius 3 is 1.96 bits per heavy atom. The molecule has 0 amide bonds. The van der Waals surface area contributed by atoms with Crippen molar-refractivity contribution in [2.45, 2.75) is 50.1 Å². The van der Waals surface area contributed by atoms with Gasteiger partial charge in [-0.3, -0.25) is 0 Å². The van der Waals surface area contributed by atoms with Crippen LogP contribution >= 0.6 is 0 Å². The van der Waals surface area contributed by atoms with Gasteiger partial charge in [-0.2, -0.15) is 8.78 Å². The summed E-state index contributed by atoms with van der Waals surface area (Å²) in [5.41, 5.74) is 0. The molecule has 0 aliphatic carbocycles. The third kappa shape index (κ3) is 7.52. The number of ether oxygens (including phenoxy) is 4. The normalized spacial score (nSPS) is 28.3. The van der Waals surface area contributed by atoms with E-state index in [0.29, 0.717) is 6.42 Å². The third-order valence-corrected chi connectivity index (χ3v) is 3.38. The Balaban J connectivity index is 0.000000260. The molecule has 0 aromatic heterocycles. The fourth-order valence-corrected chi connectivity index (χ4v) is 1.97. The molecule has 2 aliphatic rings. The van der Waals surface area contributed by atoms with Crippen LogP contribution in [0.15, 0.2) is 25.3 Å². The highest BCUT2D eigenvalue weighted by Gasteiger charge is 2.46. The molecule has 0 saturated carbocycles. The van der Waals surface area contributed by atoms with E-state index in [1.165, 1.54) is 0 Å². The molecule has 0 N–H and O–H groups in total. The quantitative estimate of drug-likeness (QED) is 0.364. The lowest BCUT2D eigenvalue weighted by Crippen LogP contribution is -2.48. The number of hydrogen-bond acceptors (Lipinski definition) is 6. The van der Waals surface area contributed by atoms with Gasteiger partial charge in [0, 0.05) is 25.0 Å². The molecule has 2 heterocycles. The lowest BCUT2D eigenvalue weighted by molar-refractivity contribution is -0.352. The summed E-state index contributed by atoms with van der Waals surface area (Å²) in [7, 11) is 0. The maximum atomic E-state index is 12.5. The zero-order chi connectivity index (χ0) is 19.7. The van der Waals surface area contributed by atoms with Crippen LogP contribution in [0.4, 0.5) is 17.6 Å². The van der Waals surface area contributed by atoms with Crippen LogP contribution in [0, 0.1) is 0 Å². The first-order valence-electron chi connectivity index (χ1n) is 7.76. The number of hydrogen-bond donors (Lipinski definition) is 0. The second kappa shape index (κ2) is 10.3. The Kier molecular flexibility index (Phi) is 8.73. The van der Waals surface area contributed by atoms with Crippen LogP contribution in [-0.2, 0) is 28.5 Å². The minimum Gasteiger partial charge on any atom is -0.462 e. The number of halogens is 4. The summed E-state index contributed by atoms with van der Waals surface area (Å²) in [6, 6.07) is 0. The van der Waals surface area contributed by atoms with Crippen LogP contribution in [0.3, 0.4) is 0 Å². The van der Waals surface area contributed by atoms with Crippen LogP contribution in [0.2, 0.25) is 0 Å². The molecule has 4 unspecified atom stereocenters. The molecule has 0 spiro atoms. The van der Waals surface area contributed by atoms with Gasteiger partial charge in [-0.1, -0.05) is 13.2 Å². The fraction of sp³-hybridized carbons (Fsp3) is 0.625. The zero-order valence-corrected chi connectivity index (χ0v) is 13.9. The van der Waals surface area contributed by atoms with Gasteiger partial charge in [0.25, 0.3) is 0 Å². The molecule has 10 heteroatoms. The molecule has 2 saturated heterocycles. The molecule has 2 fully saturated rings. The highest BCUT2D eigenvalue weighted by molar-refractivity contribution is 5.81. The fourth-order valence-electron chi connectivity index (χ4n) is 1.97. The zero-order valence-electron chi connectivity index (χ0n) is 13.9. The van der Waals surface area contributed by atoms with Gasteiger partial charge in [0.15, 0.2) is 6.17 Å². The average molecular weight is 384 g/mol. The monoisotopic (exact) mass is 384 g/mol. The van der Waals surface area contributed by atoms with Gasteiger partial charge >= 0.3 is 18.0 Å². The van der Waals surface area contributed by atoms with E-state index in [2.05, 4.69) is 32.1 Å². The summed E-state index contributed by atoms with van der Waals surface area (Å²) >= 11 is 0. The maximum Gasteiger partial charge on any atom is 0.358 e. The molecule has 4 atom stereocenters. The Hall–Kier alpha value is -1.94. The van der Waals surface area contributed by atoms with Crippen molar-refractivity contribution in [3.05, 3.63) is 25.3 Å². The van der Waals surface area contributed by atoms with Gasteiger partial charge in [-0.15, -0.1) is 0 Å². The Bertz CT molecular complexity index is 505. The number of esters is 2. The predicted molar refractivity (Wildman–Crippen MR) is 80.6 cm³/mol. The second-order valence-corrected chi connectivity index (χ2v) is 5.37. The van der Waals surface area contributed by atoms with Gasteiger partial charge < -0.3 is 18.9 Å². The lowest BCUT2D eigenvalue weighted by Gasteiger charge is -2.34. The molecular formula is C16H20F4O6. The summed E-state index contributed by atoms with van der Waals surface area (Å²) in [6.07, 6.45) is -5.46.